The van der Waals surface area contributed by atoms with E-state index in [-0.39, 0.29) is 12.4 Å². The Kier molecular flexibility index (Phi) is 7.53. The van der Waals surface area contributed by atoms with Gasteiger partial charge in [-0.1, -0.05) is 60.7 Å². The van der Waals surface area contributed by atoms with Crippen LogP contribution < -0.4 is 10.9 Å². The first-order chi connectivity index (χ1) is 8.91. The average Bonchev–Trinajstić information content (AvgIpc) is 2.40. The van der Waals surface area contributed by atoms with Crippen LogP contribution in [0, 0.1) is 0 Å². The zero-order valence-electron chi connectivity index (χ0n) is 10.5. The number of sulfonamides is 1. The lowest BCUT2D eigenvalue weighted by Crippen LogP contribution is -2.28. The summed E-state index contributed by atoms with van der Waals surface area (Å²) in [6.45, 7) is 0. The summed E-state index contributed by atoms with van der Waals surface area (Å²) in [4.78, 5) is 9.53. The van der Waals surface area contributed by atoms with Crippen molar-refractivity contribution in [3.63, 3.8) is 0 Å². The molecular formula is C13H15ClN2O3S. The fourth-order valence-corrected chi connectivity index (χ4v) is 1.26. The van der Waals surface area contributed by atoms with Crippen LogP contribution in [0.4, 0.5) is 4.79 Å². The molecule has 0 bridgehead atoms. The highest BCUT2D eigenvalue weighted by atomic mass is 35.5. The summed E-state index contributed by atoms with van der Waals surface area (Å²) >= 11 is 0. The molecule has 0 fully saturated rings. The minimum absolute atomic E-state index is 0. The van der Waals surface area contributed by atoms with Crippen molar-refractivity contribution in [3.8, 4) is 11.1 Å². The second-order valence-corrected chi connectivity index (χ2v) is 5.09. The highest BCUT2D eigenvalue weighted by Crippen LogP contribution is 2.17. The predicted octanol–water partition coefficient (Wildman–Crippen LogP) is 2.13. The van der Waals surface area contributed by atoms with E-state index in [4.69, 9.17) is 0 Å². The van der Waals surface area contributed by atoms with Gasteiger partial charge in [-0.25, -0.2) is 13.6 Å². The Balaban J connectivity index is 0.000000396. The predicted molar refractivity (Wildman–Crippen MR) is 81.8 cm³/mol. The van der Waals surface area contributed by atoms with Crippen molar-refractivity contribution in [2.75, 3.05) is 0 Å². The Hall–Kier alpha value is -1.89. The summed E-state index contributed by atoms with van der Waals surface area (Å²) in [5.41, 5.74) is 6.77. The molecule has 0 aliphatic heterocycles. The number of benzene rings is 2. The van der Waals surface area contributed by atoms with E-state index in [9.17, 15) is 13.2 Å². The van der Waals surface area contributed by atoms with E-state index in [1.807, 2.05) is 12.1 Å². The Morgan fingerprint density at radius 2 is 1.05 bits per heavy atom. The Labute approximate surface area is 124 Å². The van der Waals surface area contributed by atoms with Crippen LogP contribution >= 0.6 is 12.4 Å². The number of carbonyl (C=O) groups excluding carboxylic acids is 1. The lowest BCUT2D eigenvalue weighted by Gasteiger charge is -1.98. The van der Waals surface area contributed by atoms with Gasteiger partial charge in [-0.3, -0.25) is 4.79 Å². The van der Waals surface area contributed by atoms with Gasteiger partial charge < -0.3 is 5.73 Å². The van der Waals surface area contributed by atoms with Crippen LogP contribution in [0.25, 0.3) is 11.1 Å². The Morgan fingerprint density at radius 3 is 1.25 bits per heavy atom. The summed E-state index contributed by atoms with van der Waals surface area (Å²) in [5.74, 6) is 0. The lowest BCUT2D eigenvalue weighted by molar-refractivity contribution is 0.265. The van der Waals surface area contributed by atoms with E-state index in [2.05, 4.69) is 59.4 Å². The molecule has 7 heteroatoms. The standard InChI is InChI=1S/C12H10.CH4N2O3S.ClH/c1-3-7-11(8-4-1)12-9-5-2-6-10-12;2-1(4)7(3,5)6;/h1-10H;(H2,2,4)(H2,3,5,6);1H. The number of halogens is 1. The van der Waals surface area contributed by atoms with Crippen molar-refractivity contribution in [2.24, 2.45) is 10.9 Å². The van der Waals surface area contributed by atoms with Gasteiger partial charge in [0.15, 0.2) is 0 Å². The fourth-order valence-electron chi connectivity index (χ4n) is 1.26. The van der Waals surface area contributed by atoms with Crippen LogP contribution in [0.2, 0.25) is 0 Å². The molecule has 0 atom stereocenters. The molecule has 0 radical (unpaired) electrons. The number of amides is 1. The van der Waals surface area contributed by atoms with Crippen LogP contribution in [-0.4, -0.2) is 13.7 Å². The maximum atomic E-state index is 9.63. The van der Waals surface area contributed by atoms with Gasteiger partial charge in [0.1, 0.15) is 0 Å². The van der Waals surface area contributed by atoms with Crippen LogP contribution in [-0.2, 0) is 10.0 Å². The van der Waals surface area contributed by atoms with Crippen LogP contribution in [0.1, 0.15) is 0 Å². The molecule has 0 aliphatic rings. The van der Waals surface area contributed by atoms with Crippen LogP contribution in [0.15, 0.2) is 60.7 Å². The first kappa shape index (κ1) is 18.1. The molecule has 108 valence electrons. The maximum absolute atomic E-state index is 9.63. The third-order valence-electron chi connectivity index (χ3n) is 2.16. The topological polar surface area (TPSA) is 103 Å². The van der Waals surface area contributed by atoms with Gasteiger partial charge in [-0.05, 0) is 11.1 Å². The number of rotatable bonds is 1. The molecule has 5 nitrogen and oxygen atoms in total. The first-order valence-electron chi connectivity index (χ1n) is 5.34. The molecule has 2 aromatic rings. The number of hydrogen-bond acceptors (Lipinski definition) is 3. The average molecular weight is 315 g/mol. The van der Waals surface area contributed by atoms with Crippen molar-refractivity contribution in [2.45, 2.75) is 0 Å². The van der Waals surface area contributed by atoms with Crippen molar-refractivity contribution >= 4 is 27.7 Å². The number of primary sulfonamides is 1. The fraction of sp³-hybridized carbons (Fsp3) is 0. The van der Waals surface area contributed by atoms with Gasteiger partial charge >= 0.3 is 5.24 Å². The highest BCUT2D eigenvalue weighted by molar-refractivity contribution is 8.04. The van der Waals surface area contributed by atoms with Gasteiger partial charge in [0.25, 0.3) is 10.0 Å². The van der Waals surface area contributed by atoms with Crippen LogP contribution in [0.5, 0.6) is 0 Å². The van der Waals surface area contributed by atoms with Gasteiger partial charge in [0.05, 0.1) is 0 Å². The zero-order chi connectivity index (χ0) is 14.3. The molecule has 0 spiro atoms. The highest BCUT2D eigenvalue weighted by Gasteiger charge is 2.08. The van der Waals surface area contributed by atoms with Gasteiger partial charge in [0.2, 0.25) is 0 Å². The molecule has 1 amide bonds. The van der Waals surface area contributed by atoms with Crippen LogP contribution in [0.3, 0.4) is 0 Å². The van der Waals surface area contributed by atoms with E-state index in [1.165, 1.54) is 11.1 Å². The zero-order valence-corrected chi connectivity index (χ0v) is 12.1. The largest absolute Gasteiger partial charge is 0.355 e. The SMILES string of the molecule is Cl.NC(=O)S(N)(=O)=O.c1ccc(-c2ccccc2)cc1. The monoisotopic (exact) mass is 314 g/mol. The van der Waals surface area contributed by atoms with Crippen molar-refractivity contribution in [1.82, 2.24) is 0 Å². The Morgan fingerprint density at radius 1 is 0.800 bits per heavy atom. The molecule has 0 saturated carbocycles. The molecule has 0 aliphatic carbocycles. The quantitative estimate of drug-likeness (QED) is 0.842. The minimum atomic E-state index is -4.10. The smallest absolute Gasteiger partial charge is 0.348 e. The number of primary amides is 1. The van der Waals surface area contributed by atoms with E-state index < -0.39 is 15.3 Å². The van der Waals surface area contributed by atoms with Gasteiger partial charge in [-0.2, -0.15) is 0 Å². The maximum Gasteiger partial charge on any atom is 0.348 e. The molecule has 2 aromatic carbocycles. The van der Waals surface area contributed by atoms with Crippen molar-refractivity contribution < 1.29 is 13.2 Å². The molecule has 0 aromatic heterocycles. The second kappa shape index (κ2) is 8.31. The summed E-state index contributed by atoms with van der Waals surface area (Å²) in [5, 5.41) is 2.67. The summed E-state index contributed by atoms with van der Waals surface area (Å²) in [7, 11) is -4.10. The molecular weight excluding hydrogens is 300 g/mol. The first-order valence-corrected chi connectivity index (χ1v) is 6.88. The third-order valence-corrected chi connectivity index (χ3v) is 2.72. The number of nitrogens with two attached hydrogens (primary N) is 2. The summed E-state index contributed by atoms with van der Waals surface area (Å²) in [6.07, 6.45) is 0. The van der Waals surface area contributed by atoms with E-state index >= 15 is 0 Å². The normalized spacial score (nSPS) is 9.65. The Bertz CT molecular complexity index is 594. The molecule has 2 rings (SSSR count). The minimum Gasteiger partial charge on any atom is -0.355 e. The molecule has 20 heavy (non-hydrogen) atoms. The van der Waals surface area contributed by atoms with Crippen molar-refractivity contribution in [3.05, 3.63) is 60.7 Å². The molecule has 0 unspecified atom stereocenters. The molecule has 4 N–H and O–H groups in total. The van der Waals surface area contributed by atoms with Gasteiger partial charge in [-0.15, -0.1) is 12.4 Å². The number of hydrogen-bond donors (Lipinski definition) is 2. The van der Waals surface area contributed by atoms with E-state index in [0.29, 0.717) is 0 Å². The summed E-state index contributed by atoms with van der Waals surface area (Å²) < 4.78 is 19.3. The lowest BCUT2D eigenvalue weighted by atomic mass is 10.1. The summed E-state index contributed by atoms with van der Waals surface area (Å²) in [6, 6.07) is 20.8. The second-order valence-electron chi connectivity index (χ2n) is 3.60. The van der Waals surface area contributed by atoms with E-state index in [1.54, 1.807) is 0 Å². The number of carbonyl (C=O) groups is 1. The van der Waals surface area contributed by atoms with E-state index in [0.717, 1.165) is 0 Å². The van der Waals surface area contributed by atoms with Gasteiger partial charge in [0, 0.05) is 0 Å². The third kappa shape index (κ3) is 6.33. The van der Waals surface area contributed by atoms with Crippen molar-refractivity contribution in [1.29, 1.82) is 0 Å². The molecule has 0 heterocycles. The molecule has 0 saturated heterocycles.